The van der Waals surface area contributed by atoms with Crippen LogP contribution in [0.3, 0.4) is 0 Å². The summed E-state index contributed by atoms with van der Waals surface area (Å²) in [6.45, 7) is 10.0. The number of hydrogen-bond donors (Lipinski definition) is 1. The topological polar surface area (TPSA) is 41.1 Å². The summed E-state index contributed by atoms with van der Waals surface area (Å²) in [6, 6.07) is 2.04. The Balaban J connectivity index is 1.84. The van der Waals surface area contributed by atoms with Gasteiger partial charge in [-0.2, -0.15) is 0 Å². The van der Waals surface area contributed by atoms with Crippen LogP contribution in [-0.2, 0) is 12.8 Å². The van der Waals surface area contributed by atoms with Crippen LogP contribution in [0.15, 0.2) is 12.3 Å². The van der Waals surface area contributed by atoms with Crippen LogP contribution in [0.1, 0.15) is 25.4 Å². The summed E-state index contributed by atoms with van der Waals surface area (Å²) in [4.78, 5) is 11.5. The zero-order chi connectivity index (χ0) is 12.8. The molecule has 0 spiro atoms. The summed E-state index contributed by atoms with van der Waals surface area (Å²) in [6.07, 6.45) is 3.91. The first-order valence-electron chi connectivity index (χ1n) is 6.98. The molecule has 0 unspecified atom stereocenters. The molecular formula is C14H24N4. The number of aromatic nitrogens is 2. The fraction of sp³-hybridized carbons (Fsp3) is 0.714. The van der Waals surface area contributed by atoms with Gasteiger partial charge in [-0.25, -0.2) is 9.97 Å². The lowest BCUT2D eigenvalue weighted by Crippen LogP contribution is -2.44. The first kappa shape index (κ1) is 13.4. The fourth-order valence-corrected chi connectivity index (χ4v) is 2.29. The Morgan fingerprint density at radius 1 is 1.33 bits per heavy atom. The van der Waals surface area contributed by atoms with Crippen LogP contribution in [0.5, 0.6) is 0 Å². The van der Waals surface area contributed by atoms with Crippen molar-refractivity contribution < 1.29 is 0 Å². The van der Waals surface area contributed by atoms with Crippen LogP contribution in [-0.4, -0.2) is 47.6 Å². The maximum Gasteiger partial charge on any atom is 0.129 e. The summed E-state index contributed by atoms with van der Waals surface area (Å²) in [5, 5.41) is 3.37. The van der Waals surface area contributed by atoms with Crippen molar-refractivity contribution in [3.8, 4) is 0 Å². The molecule has 1 aliphatic rings. The normalized spacial score (nSPS) is 17.3. The highest BCUT2D eigenvalue weighted by Crippen LogP contribution is 2.05. The third-order valence-electron chi connectivity index (χ3n) is 3.24. The van der Waals surface area contributed by atoms with Crippen molar-refractivity contribution in [3.05, 3.63) is 23.8 Å². The highest BCUT2D eigenvalue weighted by Gasteiger charge is 2.10. The lowest BCUT2D eigenvalue weighted by molar-refractivity contribution is 0.242. The Kier molecular flexibility index (Phi) is 5.08. The summed E-state index contributed by atoms with van der Waals surface area (Å²) >= 11 is 0. The highest BCUT2D eigenvalue weighted by molar-refractivity contribution is 5.03. The Labute approximate surface area is 110 Å². The van der Waals surface area contributed by atoms with Gasteiger partial charge in [0.2, 0.25) is 0 Å². The van der Waals surface area contributed by atoms with Crippen LogP contribution in [0.2, 0.25) is 0 Å². The van der Waals surface area contributed by atoms with E-state index >= 15 is 0 Å². The molecule has 4 nitrogen and oxygen atoms in total. The predicted octanol–water partition coefficient (Wildman–Crippen LogP) is 1.12. The first-order valence-corrected chi connectivity index (χ1v) is 6.98. The van der Waals surface area contributed by atoms with E-state index < -0.39 is 0 Å². The second-order valence-electron chi connectivity index (χ2n) is 5.40. The molecule has 18 heavy (non-hydrogen) atoms. The predicted molar refractivity (Wildman–Crippen MR) is 73.6 cm³/mol. The van der Waals surface area contributed by atoms with Crippen LogP contribution >= 0.6 is 0 Å². The van der Waals surface area contributed by atoms with Crippen molar-refractivity contribution in [1.82, 2.24) is 20.2 Å². The lowest BCUT2D eigenvalue weighted by atomic mass is 10.1. The molecule has 1 fully saturated rings. The molecule has 0 aliphatic carbocycles. The van der Waals surface area contributed by atoms with Crippen molar-refractivity contribution in [3.63, 3.8) is 0 Å². The van der Waals surface area contributed by atoms with E-state index in [2.05, 4.69) is 34.0 Å². The zero-order valence-corrected chi connectivity index (χ0v) is 11.5. The van der Waals surface area contributed by atoms with E-state index in [9.17, 15) is 0 Å². The maximum absolute atomic E-state index is 4.64. The van der Waals surface area contributed by atoms with Gasteiger partial charge in [0.15, 0.2) is 0 Å². The quantitative estimate of drug-likeness (QED) is 0.848. The maximum atomic E-state index is 4.64. The van der Waals surface area contributed by atoms with E-state index in [0.717, 1.165) is 51.4 Å². The van der Waals surface area contributed by atoms with Gasteiger partial charge in [0.1, 0.15) is 5.82 Å². The summed E-state index contributed by atoms with van der Waals surface area (Å²) < 4.78 is 0. The molecular weight excluding hydrogens is 224 g/mol. The Hall–Kier alpha value is -1.00. The van der Waals surface area contributed by atoms with E-state index in [1.54, 1.807) is 0 Å². The Morgan fingerprint density at radius 2 is 2.11 bits per heavy atom. The van der Waals surface area contributed by atoms with Gasteiger partial charge in [0.25, 0.3) is 0 Å². The second-order valence-corrected chi connectivity index (χ2v) is 5.40. The molecule has 2 heterocycles. The minimum absolute atomic E-state index is 0.654. The minimum atomic E-state index is 0.654. The van der Waals surface area contributed by atoms with E-state index in [4.69, 9.17) is 0 Å². The highest BCUT2D eigenvalue weighted by atomic mass is 15.2. The van der Waals surface area contributed by atoms with Crippen molar-refractivity contribution in [2.45, 2.75) is 26.7 Å². The molecule has 1 aromatic heterocycles. The average Bonchev–Trinajstić information content (AvgIpc) is 2.37. The smallest absolute Gasteiger partial charge is 0.129 e. The molecule has 0 aromatic carbocycles. The summed E-state index contributed by atoms with van der Waals surface area (Å²) in [7, 11) is 0. The first-order chi connectivity index (χ1) is 8.74. The van der Waals surface area contributed by atoms with E-state index in [-0.39, 0.29) is 0 Å². The van der Waals surface area contributed by atoms with Gasteiger partial charge in [-0.15, -0.1) is 0 Å². The molecule has 100 valence electrons. The number of rotatable bonds is 5. The van der Waals surface area contributed by atoms with Crippen LogP contribution < -0.4 is 5.32 Å². The molecule has 0 radical (unpaired) electrons. The lowest BCUT2D eigenvalue weighted by Gasteiger charge is -2.26. The molecule has 1 aliphatic heterocycles. The van der Waals surface area contributed by atoms with Gasteiger partial charge in [0, 0.05) is 51.0 Å². The molecule has 0 amide bonds. The molecule has 0 atom stereocenters. The largest absolute Gasteiger partial charge is 0.314 e. The molecule has 0 bridgehead atoms. The van der Waals surface area contributed by atoms with E-state index in [0.29, 0.717) is 5.92 Å². The van der Waals surface area contributed by atoms with E-state index in [1.807, 2.05) is 12.3 Å². The Bertz CT molecular complexity index is 359. The van der Waals surface area contributed by atoms with Gasteiger partial charge in [0.05, 0.1) is 0 Å². The minimum Gasteiger partial charge on any atom is -0.314 e. The molecule has 1 N–H and O–H groups in total. The van der Waals surface area contributed by atoms with Gasteiger partial charge in [-0.1, -0.05) is 13.8 Å². The SMILES string of the molecule is CC(C)Cc1ccnc(CCN2CCNCC2)n1. The third kappa shape index (κ3) is 4.35. The van der Waals surface area contributed by atoms with Crippen LogP contribution in [0, 0.1) is 5.92 Å². The second kappa shape index (κ2) is 6.81. The van der Waals surface area contributed by atoms with Crippen molar-refractivity contribution in [1.29, 1.82) is 0 Å². The van der Waals surface area contributed by atoms with E-state index in [1.165, 1.54) is 5.69 Å². The van der Waals surface area contributed by atoms with Gasteiger partial charge < -0.3 is 10.2 Å². The van der Waals surface area contributed by atoms with Gasteiger partial charge in [-0.3, -0.25) is 0 Å². The molecule has 1 saturated heterocycles. The van der Waals surface area contributed by atoms with Gasteiger partial charge >= 0.3 is 0 Å². The average molecular weight is 248 g/mol. The van der Waals surface area contributed by atoms with Gasteiger partial charge in [-0.05, 0) is 18.4 Å². The molecule has 0 saturated carbocycles. The standard InChI is InChI=1S/C14H24N4/c1-12(2)11-13-3-5-16-14(17-13)4-8-18-9-6-15-7-10-18/h3,5,12,15H,4,6-11H2,1-2H3. The molecule has 2 rings (SSSR count). The monoisotopic (exact) mass is 248 g/mol. The van der Waals surface area contributed by atoms with Crippen LogP contribution in [0.25, 0.3) is 0 Å². The molecule has 4 heteroatoms. The fourth-order valence-electron chi connectivity index (χ4n) is 2.29. The van der Waals surface area contributed by atoms with Crippen molar-refractivity contribution in [2.24, 2.45) is 5.92 Å². The third-order valence-corrected chi connectivity index (χ3v) is 3.24. The zero-order valence-electron chi connectivity index (χ0n) is 11.5. The van der Waals surface area contributed by atoms with Crippen molar-refractivity contribution in [2.75, 3.05) is 32.7 Å². The Morgan fingerprint density at radius 3 is 2.83 bits per heavy atom. The summed E-state index contributed by atoms with van der Waals surface area (Å²) in [5.41, 5.74) is 1.18. The van der Waals surface area contributed by atoms with Crippen molar-refractivity contribution >= 4 is 0 Å². The number of piperazine rings is 1. The summed E-state index contributed by atoms with van der Waals surface area (Å²) in [5.74, 6) is 1.65. The number of hydrogen-bond acceptors (Lipinski definition) is 4. The number of nitrogens with one attached hydrogen (secondary N) is 1. The molecule has 1 aromatic rings. The van der Waals surface area contributed by atoms with Crippen LogP contribution in [0.4, 0.5) is 0 Å². The number of nitrogens with zero attached hydrogens (tertiary/aromatic N) is 3.